The first-order chi connectivity index (χ1) is 10.7. The Labute approximate surface area is 131 Å². The van der Waals surface area contributed by atoms with Gasteiger partial charge in [0.1, 0.15) is 11.9 Å². The maximum absolute atomic E-state index is 10.5. The minimum absolute atomic E-state index is 0.0735. The van der Waals surface area contributed by atoms with Gasteiger partial charge < -0.3 is 14.6 Å². The fourth-order valence-electron chi connectivity index (χ4n) is 3.07. The Hall–Kier alpha value is -1.89. The Morgan fingerprint density at radius 1 is 1.41 bits per heavy atom. The number of aliphatic hydroxyl groups excluding tert-OH is 1. The predicted molar refractivity (Wildman–Crippen MR) is 81.3 cm³/mol. The molecule has 6 nitrogen and oxygen atoms in total. The van der Waals surface area contributed by atoms with Crippen molar-refractivity contribution in [3.63, 3.8) is 0 Å². The van der Waals surface area contributed by atoms with Gasteiger partial charge in [0.2, 0.25) is 0 Å². The molecule has 2 rings (SSSR count). The van der Waals surface area contributed by atoms with Crippen molar-refractivity contribution in [1.82, 2.24) is 14.5 Å². The van der Waals surface area contributed by atoms with E-state index in [0.29, 0.717) is 12.8 Å². The van der Waals surface area contributed by atoms with Gasteiger partial charge in [-0.15, -0.1) is 0 Å². The number of aliphatic hydroxyl groups is 1. The molecule has 6 heteroatoms. The first-order valence-corrected chi connectivity index (χ1v) is 7.80. The topological polar surface area (TPSA) is 88.9 Å². The van der Waals surface area contributed by atoms with Crippen molar-refractivity contribution < 1.29 is 5.11 Å². The Balaban J connectivity index is 1.82. The van der Waals surface area contributed by atoms with E-state index in [-0.39, 0.29) is 11.8 Å². The third kappa shape index (κ3) is 4.07. The molecule has 0 amide bonds. The first kappa shape index (κ1) is 16.5. The van der Waals surface area contributed by atoms with E-state index in [1.807, 2.05) is 17.8 Å². The minimum Gasteiger partial charge on any atom is -0.385 e. The highest BCUT2D eigenvalue weighted by Crippen LogP contribution is 2.30. The van der Waals surface area contributed by atoms with Crippen LogP contribution in [0.5, 0.6) is 0 Å². The molecule has 1 aliphatic rings. The Morgan fingerprint density at radius 3 is 2.68 bits per heavy atom. The highest BCUT2D eigenvalue weighted by molar-refractivity contribution is 4.99. The maximum Gasteiger partial charge on any atom is 0.137 e. The third-order valence-electron chi connectivity index (χ3n) is 4.47. The van der Waals surface area contributed by atoms with Gasteiger partial charge in [0.15, 0.2) is 0 Å². The number of aromatic nitrogens is 2. The molecule has 22 heavy (non-hydrogen) atoms. The summed E-state index contributed by atoms with van der Waals surface area (Å²) in [4.78, 5) is 6.50. The van der Waals surface area contributed by atoms with Crippen molar-refractivity contribution in [2.45, 2.75) is 31.8 Å². The van der Waals surface area contributed by atoms with Gasteiger partial charge in [0.25, 0.3) is 0 Å². The van der Waals surface area contributed by atoms with Gasteiger partial charge >= 0.3 is 0 Å². The summed E-state index contributed by atoms with van der Waals surface area (Å²) in [7, 11) is 1.90. The number of hydrogen-bond acceptors (Lipinski definition) is 5. The molecule has 2 unspecified atom stereocenters. The molecule has 0 bridgehead atoms. The van der Waals surface area contributed by atoms with Crippen LogP contribution >= 0.6 is 0 Å². The number of rotatable bonds is 6. The van der Waals surface area contributed by atoms with Crippen LogP contribution < -0.4 is 0 Å². The second-order valence-corrected chi connectivity index (χ2v) is 6.00. The molecule has 118 valence electrons. The third-order valence-corrected chi connectivity index (χ3v) is 4.47. The van der Waals surface area contributed by atoms with E-state index in [9.17, 15) is 5.11 Å². The van der Waals surface area contributed by atoms with E-state index in [0.717, 1.165) is 38.3 Å². The molecule has 2 atom stereocenters. The van der Waals surface area contributed by atoms with E-state index in [4.69, 9.17) is 10.5 Å². The average molecular weight is 301 g/mol. The van der Waals surface area contributed by atoms with Crippen molar-refractivity contribution in [3.8, 4) is 12.1 Å². The molecular weight excluding hydrogens is 278 g/mol. The summed E-state index contributed by atoms with van der Waals surface area (Å²) in [5.41, 5.74) is 0. The number of hydrogen-bond donors (Lipinski definition) is 1. The number of piperidine rings is 1. The normalized spacial score (nSPS) is 19.3. The molecule has 0 aliphatic carbocycles. The van der Waals surface area contributed by atoms with Crippen LogP contribution in [0.4, 0.5) is 0 Å². The lowest BCUT2D eigenvalue weighted by atomic mass is 9.90. The van der Waals surface area contributed by atoms with Crippen molar-refractivity contribution in [2.75, 3.05) is 19.6 Å². The number of likely N-dealkylation sites (tertiary alicyclic amines) is 1. The van der Waals surface area contributed by atoms with E-state index < -0.39 is 6.10 Å². The molecule has 2 heterocycles. The van der Waals surface area contributed by atoms with Gasteiger partial charge in [-0.1, -0.05) is 0 Å². The Morgan fingerprint density at radius 2 is 2.14 bits per heavy atom. The van der Waals surface area contributed by atoms with Gasteiger partial charge in [0, 0.05) is 32.4 Å². The summed E-state index contributed by atoms with van der Waals surface area (Å²) < 4.78 is 1.87. The van der Waals surface area contributed by atoms with Crippen molar-refractivity contribution >= 4 is 0 Å². The van der Waals surface area contributed by atoms with Gasteiger partial charge in [0.05, 0.1) is 18.1 Å². The zero-order valence-electron chi connectivity index (χ0n) is 13.0. The molecule has 0 spiro atoms. The van der Waals surface area contributed by atoms with Gasteiger partial charge in [-0.2, -0.15) is 10.5 Å². The van der Waals surface area contributed by atoms with Crippen LogP contribution in [0, 0.1) is 34.5 Å². The maximum atomic E-state index is 10.5. The number of nitrogens with zero attached hydrogens (tertiary/aromatic N) is 5. The van der Waals surface area contributed by atoms with E-state index in [1.165, 1.54) is 0 Å². The highest BCUT2D eigenvalue weighted by Gasteiger charge is 2.29. The lowest BCUT2D eigenvalue weighted by Crippen LogP contribution is -2.38. The summed E-state index contributed by atoms with van der Waals surface area (Å²) in [5.74, 6) is 0.870. The smallest absolute Gasteiger partial charge is 0.137 e. The van der Waals surface area contributed by atoms with E-state index in [1.54, 1.807) is 6.20 Å². The minimum atomic E-state index is -0.521. The molecule has 1 aromatic heterocycles. The molecule has 0 radical (unpaired) electrons. The summed E-state index contributed by atoms with van der Waals surface area (Å²) >= 11 is 0. The lowest BCUT2D eigenvalue weighted by molar-refractivity contribution is 0.0487. The summed E-state index contributed by atoms with van der Waals surface area (Å²) in [6.07, 6.45) is 5.93. The molecule has 1 saturated heterocycles. The zero-order chi connectivity index (χ0) is 15.9. The van der Waals surface area contributed by atoms with Crippen molar-refractivity contribution in [2.24, 2.45) is 18.9 Å². The zero-order valence-corrected chi connectivity index (χ0v) is 13.0. The molecule has 1 fully saturated rings. The Bertz CT molecular complexity index is 548. The predicted octanol–water partition coefficient (Wildman–Crippen LogP) is 1.61. The van der Waals surface area contributed by atoms with Crippen LogP contribution in [0.25, 0.3) is 0 Å². The van der Waals surface area contributed by atoms with Crippen LogP contribution in [0.15, 0.2) is 12.4 Å². The number of nitriles is 2. The summed E-state index contributed by atoms with van der Waals surface area (Å²) in [5, 5.41) is 28.2. The van der Waals surface area contributed by atoms with E-state index >= 15 is 0 Å². The van der Waals surface area contributed by atoms with Crippen LogP contribution in [-0.4, -0.2) is 39.2 Å². The van der Waals surface area contributed by atoms with Crippen molar-refractivity contribution in [3.05, 3.63) is 18.2 Å². The van der Waals surface area contributed by atoms with Gasteiger partial charge in [-0.3, -0.25) is 0 Å². The number of aryl methyl sites for hydroxylation is 1. The van der Waals surface area contributed by atoms with Gasteiger partial charge in [-0.05, 0) is 38.3 Å². The largest absolute Gasteiger partial charge is 0.385 e. The monoisotopic (exact) mass is 301 g/mol. The quantitative estimate of drug-likeness (QED) is 0.862. The standard InChI is InChI=1S/C16H23N5O/c1-20-10-7-19-16(20)15(22)14-4-8-21(9-5-14)12-13(11-18)3-2-6-17/h7,10,13-15,22H,2-5,8-9,12H2,1H3. The van der Waals surface area contributed by atoms with Crippen molar-refractivity contribution in [1.29, 1.82) is 10.5 Å². The second-order valence-electron chi connectivity index (χ2n) is 6.00. The molecule has 0 aromatic carbocycles. The SMILES string of the molecule is Cn1ccnc1C(O)C1CCN(CC(C#N)CCC#N)CC1. The molecule has 1 aliphatic heterocycles. The fraction of sp³-hybridized carbons (Fsp3) is 0.688. The number of imidazole rings is 1. The van der Waals surface area contributed by atoms with Crippen LogP contribution in [0.3, 0.4) is 0 Å². The average Bonchev–Trinajstić information content (AvgIpc) is 2.97. The second kappa shape index (κ2) is 7.93. The summed E-state index contributed by atoms with van der Waals surface area (Å²) in [6, 6.07) is 4.39. The summed E-state index contributed by atoms with van der Waals surface area (Å²) in [6.45, 7) is 2.50. The van der Waals surface area contributed by atoms with Gasteiger partial charge in [-0.25, -0.2) is 4.98 Å². The molecule has 0 saturated carbocycles. The molecule has 1 N–H and O–H groups in total. The fourth-order valence-corrected chi connectivity index (χ4v) is 3.07. The first-order valence-electron chi connectivity index (χ1n) is 7.80. The molecular formula is C16H23N5O. The van der Waals surface area contributed by atoms with Crippen LogP contribution in [0.1, 0.15) is 37.6 Å². The lowest BCUT2D eigenvalue weighted by Gasteiger charge is -2.34. The van der Waals surface area contributed by atoms with E-state index in [2.05, 4.69) is 22.0 Å². The van der Waals surface area contributed by atoms with Crippen LogP contribution in [-0.2, 0) is 7.05 Å². The molecule has 1 aromatic rings. The van der Waals surface area contributed by atoms with Crippen LogP contribution in [0.2, 0.25) is 0 Å². The Kier molecular flexibility index (Phi) is 5.94. The highest BCUT2D eigenvalue weighted by atomic mass is 16.3.